The van der Waals surface area contributed by atoms with Gasteiger partial charge in [0, 0.05) is 25.2 Å². The lowest BCUT2D eigenvalue weighted by molar-refractivity contribution is -0.116. The van der Waals surface area contributed by atoms with Crippen LogP contribution in [0.1, 0.15) is 83.6 Å². The third kappa shape index (κ3) is 7.18. The van der Waals surface area contributed by atoms with Crippen LogP contribution >= 0.6 is 0 Å². The second-order valence-corrected chi connectivity index (χ2v) is 11.5. The number of aromatic nitrogens is 4. The number of unbranched alkanes of at least 4 members (excludes halogenated alkanes) is 6. The number of fused-ring (bicyclic) bond motifs is 1. The number of benzene rings is 1. The maximum absolute atomic E-state index is 13.2. The molecular formula is C26H37N5O5S. The molecule has 2 aromatic heterocycles. The Kier molecular flexibility index (Phi) is 9.47. The van der Waals surface area contributed by atoms with Crippen LogP contribution in [0.2, 0.25) is 0 Å². The van der Waals surface area contributed by atoms with Crippen LogP contribution in [0, 0.1) is 0 Å². The number of nitrogens with zero attached hydrogens (tertiary/aromatic N) is 3. The summed E-state index contributed by atoms with van der Waals surface area (Å²) >= 11 is 0. The topological polar surface area (TPSA) is 136 Å². The molecule has 0 atom stereocenters. The van der Waals surface area contributed by atoms with Crippen molar-refractivity contribution in [3.05, 3.63) is 50.8 Å². The van der Waals surface area contributed by atoms with E-state index in [0.717, 1.165) is 42.5 Å². The average Bonchev–Trinajstić information content (AvgIpc) is 3.25. The highest BCUT2D eigenvalue weighted by Crippen LogP contribution is 2.31. The highest BCUT2D eigenvalue weighted by molar-refractivity contribution is 7.93. The van der Waals surface area contributed by atoms with Gasteiger partial charge in [-0.1, -0.05) is 59.3 Å². The lowest BCUT2D eigenvalue weighted by Gasteiger charge is -2.16. The van der Waals surface area contributed by atoms with Gasteiger partial charge >= 0.3 is 5.69 Å². The summed E-state index contributed by atoms with van der Waals surface area (Å²) in [5.74, 6) is -1.16. The summed E-state index contributed by atoms with van der Waals surface area (Å²) in [6.07, 6.45) is 8.92. The zero-order valence-corrected chi connectivity index (χ0v) is 22.9. The van der Waals surface area contributed by atoms with Gasteiger partial charge in [-0.3, -0.25) is 14.3 Å². The molecule has 0 aliphatic rings. The second kappa shape index (κ2) is 12.4. The minimum absolute atomic E-state index is 0.0843. The lowest BCUT2D eigenvalue weighted by atomic mass is 9.93. The van der Waals surface area contributed by atoms with Crippen molar-refractivity contribution in [2.24, 2.45) is 7.05 Å². The molecule has 37 heavy (non-hydrogen) atoms. The van der Waals surface area contributed by atoms with Crippen LogP contribution in [0.4, 0.5) is 0 Å². The third-order valence-corrected chi connectivity index (χ3v) is 7.59. The van der Waals surface area contributed by atoms with E-state index < -0.39 is 32.8 Å². The molecule has 11 heteroatoms. The molecule has 2 heterocycles. The molecule has 0 aliphatic heterocycles. The number of Topliss-reactive ketones (excluding diaryl/α,β-unsaturated/α-hetero) is 1. The van der Waals surface area contributed by atoms with Crippen LogP contribution in [0.5, 0.6) is 0 Å². The van der Waals surface area contributed by atoms with Crippen LogP contribution in [0.15, 0.2) is 34.0 Å². The Balaban J connectivity index is 1.81. The number of hydrogen-bond acceptors (Lipinski definition) is 6. The highest BCUT2D eigenvalue weighted by Gasteiger charge is 2.21. The predicted octanol–water partition coefficient (Wildman–Crippen LogP) is 3.80. The van der Waals surface area contributed by atoms with Crippen molar-refractivity contribution in [2.75, 3.05) is 10.6 Å². The molecule has 0 aliphatic carbocycles. The molecule has 0 saturated heterocycles. The van der Waals surface area contributed by atoms with Gasteiger partial charge in [0.05, 0.1) is 16.6 Å². The first-order valence-electron chi connectivity index (χ1n) is 12.9. The van der Waals surface area contributed by atoms with Gasteiger partial charge in [0.25, 0.3) is 15.6 Å². The van der Waals surface area contributed by atoms with Crippen LogP contribution in [0.25, 0.3) is 22.2 Å². The summed E-state index contributed by atoms with van der Waals surface area (Å²) in [6.45, 7) is 6.14. The summed E-state index contributed by atoms with van der Waals surface area (Å²) in [7, 11) is -2.47. The van der Waals surface area contributed by atoms with Crippen molar-refractivity contribution in [2.45, 2.75) is 78.1 Å². The molecule has 0 bridgehead atoms. The first-order valence-corrected chi connectivity index (χ1v) is 14.5. The Labute approximate surface area is 217 Å². The molecule has 202 valence electrons. The fraction of sp³-hybridized carbons (Fsp3) is 0.538. The largest absolute Gasteiger partial charge is 0.348 e. The molecule has 10 nitrogen and oxygen atoms in total. The Morgan fingerprint density at radius 2 is 1.76 bits per heavy atom. The van der Waals surface area contributed by atoms with Crippen LogP contribution in [0.3, 0.4) is 0 Å². The van der Waals surface area contributed by atoms with E-state index in [-0.39, 0.29) is 17.7 Å². The molecular weight excluding hydrogens is 494 g/mol. The minimum atomic E-state index is -4.25. The van der Waals surface area contributed by atoms with E-state index in [1.165, 1.54) is 12.8 Å². The average molecular weight is 532 g/mol. The number of carbonyl (C=O) groups is 1. The van der Waals surface area contributed by atoms with Crippen molar-refractivity contribution in [3.63, 3.8) is 0 Å². The molecule has 0 unspecified atom stereocenters. The summed E-state index contributed by atoms with van der Waals surface area (Å²) in [5, 5.41) is 4.34. The number of aromatic amines is 1. The second-order valence-electron chi connectivity index (χ2n) is 9.81. The molecule has 3 aromatic rings. The van der Waals surface area contributed by atoms with Gasteiger partial charge in [-0.15, -0.1) is 0 Å². The van der Waals surface area contributed by atoms with E-state index in [1.54, 1.807) is 30.1 Å². The molecule has 2 N–H and O–H groups in total. The first kappa shape index (κ1) is 28.4. The lowest BCUT2D eigenvalue weighted by Crippen LogP contribution is -2.44. The molecule has 1 aromatic carbocycles. The summed E-state index contributed by atoms with van der Waals surface area (Å²) < 4.78 is 27.4. The Bertz CT molecular complexity index is 1470. The summed E-state index contributed by atoms with van der Waals surface area (Å²) in [6, 6.07) is 5.18. The van der Waals surface area contributed by atoms with E-state index in [4.69, 9.17) is 0 Å². The van der Waals surface area contributed by atoms with Gasteiger partial charge in [-0.2, -0.15) is 9.77 Å². The maximum atomic E-state index is 13.2. The van der Waals surface area contributed by atoms with Crippen molar-refractivity contribution in [1.29, 1.82) is 0 Å². The number of carbonyl (C=O) groups excluding carboxylic acids is 1. The normalized spacial score (nSPS) is 11.9. The van der Waals surface area contributed by atoms with E-state index in [9.17, 15) is 22.8 Å². The zero-order chi connectivity index (χ0) is 27.2. The van der Waals surface area contributed by atoms with Crippen molar-refractivity contribution in [1.82, 2.24) is 19.4 Å². The number of sulfonamides is 1. The molecule has 3 rings (SSSR count). The Hall–Kier alpha value is -3.21. The molecule has 0 radical (unpaired) electrons. The zero-order valence-electron chi connectivity index (χ0n) is 22.0. The van der Waals surface area contributed by atoms with Crippen molar-refractivity contribution >= 4 is 26.7 Å². The van der Waals surface area contributed by atoms with Gasteiger partial charge in [0.1, 0.15) is 11.5 Å². The van der Waals surface area contributed by atoms with E-state index in [0.29, 0.717) is 16.6 Å². The minimum Gasteiger partial charge on any atom is -0.305 e. The van der Waals surface area contributed by atoms with Crippen LogP contribution in [-0.4, -0.2) is 39.4 Å². The predicted molar refractivity (Wildman–Crippen MR) is 146 cm³/mol. The first-order chi connectivity index (χ1) is 17.5. The standard InChI is InChI=1S/C26H37N5O5S/c1-5-6-7-8-9-10-11-12-19(32)17-37(35,36)29-31-25(33)22-15-21(24-13-14-27-30(24)4)20(18(2)3)16-23(22)28-26(31)34/h13-16,18,29H,5-12,17H2,1-4H3,(H,28,34). The number of aryl methyl sites for hydroxylation is 1. The number of H-pyrrole nitrogens is 1. The highest BCUT2D eigenvalue weighted by atomic mass is 32.2. The SMILES string of the molecule is CCCCCCCCCC(=O)CS(=O)(=O)Nn1c(=O)[nH]c2cc(C(C)C)c(-c3ccnn3C)cc2c1=O. The van der Waals surface area contributed by atoms with Crippen molar-refractivity contribution < 1.29 is 13.2 Å². The molecule has 0 spiro atoms. The van der Waals surface area contributed by atoms with E-state index >= 15 is 0 Å². The molecule has 0 amide bonds. The van der Waals surface area contributed by atoms with Gasteiger partial charge in [0.2, 0.25) is 0 Å². The number of nitrogens with one attached hydrogen (secondary N) is 2. The van der Waals surface area contributed by atoms with Crippen molar-refractivity contribution in [3.8, 4) is 11.3 Å². The smallest absolute Gasteiger partial charge is 0.305 e. The Morgan fingerprint density at radius 3 is 2.38 bits per heavy atom. The number of hydrogen-bond donors (Lipinski definition) is 2. The van der Waals surface area contributed by atoms with E-state index in [1.807, 2.05) is 24.7 Å². The fourth-order valence-corrected chi connectivity index (χ4v) is 5.51. The van der Waals surface area contributed by atoms with Crippen LogP contribution < -0.4 is 16.1 Å². The fourth-order valence-electron chi connectivity index (χ4n) is 4.44. The van der Waals surface area contributed by atoms with Gasteiger partial charge in [-0.25, -0.2) is 18.0 Å². The van der Waals surface area contributed by atoms with Gasteiger partial charge in [0.15, 0.2) is 0 Å². The molecule has 0 saturated carbocycles. The summed E-state index contributed by atoms with van der Waals surface area (Å²) in [4.78, 5) is 42.8. The quantitative estimate of drug-likeness (QED) is 0.304. The third-order valence-electron chi connectivity index (χ3n) is 6.43. The number of ketones is 1. The summed E-state index contributed by atoms with van der Waals surface area (Å²) in [5.41, 5.74) is 0.991. The molecule has 0 fully saturated rings. The van der Waals surface area contributed by atoms with E-state index in [2.05, 4.69) is 17.0 Å². The van der Waals surface area contributed by atoms with Crippen LogP contribution in [-0.2, 0) is 21.9 Å². The maximum Gasteiger partial charge on any atom is 0.348 e. The van der Waals surface area contributed by atoms with Gasteiger partial charge in [-0.05, 0) is 36.1 Å². The Morgan fingerprint density at radius 1 is 1.08 bits per heavy atom. The monoisotopic (exact) mass is 531 g/mol. The van der Waals surface area contributed by atoms with Gasteiger partial charge < -0.3 is 4.98 Å². The number of rotatable bonds is 14.